The Morgan fingerprint density at radius 2 is 2.20 bits per heavy atom. The SMILES string of the molecule is CN=C(NCC1CCCN(C)C1c1cccs1)N1CCC(C)(C)C1.I. The number of nitrogens with one attached hydrogen (secondary N) is 1. The molecular weight excluding hydrogens is 443 g/mol. The lowest BCUT2D eigenvalue weighted by atomic mass is 9.88. The molecule has 0 aliphatic carbocycles. The predicted octanol–water partition coefficient (Wildman–Crippen LogP) is 4.06. The summed E-state index contributed by atoms with van der Waals surface area (Å²) in [6.07, 6.45) is 3.83. The van der Waals surface area contributed by atoms with E-state index >= 15 is 0 Å². The Balaban J connectivity index is 0.00000225. The summed E-state index contributed by atoms with van der Waals surface area (Å²) in [7, 11) is 4.19. The van der Waals surface area contributed by atoms with Gasteiger partial charge in [-0.2, -0.15) is 0 Å². The number of aliphatic imine (C=N–C) groups is 1. The molecule has 142 valence electrons. The molecular formula is C19H33IN4S. The largest absolute Gasteiger partial charge is 0.356 e. The first-order chi connectivity index (χ1) is 11.5. The number of thiophene rings is 1. The van der Waals surface area contributed by atoms with E-state index in [1.54, 1.807) is 0 Å². The summed E-state index contributed by atoms with van der Waals surface area (Å²) in [5.41, 5.74) is 0.405. The van der Waals surface area contributed by atoms with Crippen molar-refractivity contribution in [2.24, 2.45) is 16.3 Å². The van der Waals surface area contributed by atoms with E-state index < -0.39 is 0 Å². The first kappa shape index (κ1) is 21.0. The van der Waals surface area contributed by atoms with Gasteiger partial charge < -0.3 is 10.2 Å². The van der Waals surface area contributed by atoms with Gasteiger partial charge in [-0.25, -0.2) is 0 Å². The van der Waals surface area contributed by atoms with Crippen LogP contribution in [-0.4, -0.2) is 56.0 Å². The summed E-state index contributed by atoms with van der Waals surface area (Å²) in [6.45, 7) is 9.13. The molecule has 1 aromatic rings. The van der Waals surface area contributed by atoms with E-state index in [9.17, 15) is 0 Å². The Hall–Kier alpha value is -0.340. The standard InChI is InChI=1S/C19H32N4S.HI/c1-19(2)9-11-23(14-19)18(20-3)21-13-15-7-5-10-22(4)17(15)16-8-6-12-24-16;/h6,8,12,15,17H,5,7,9-11,13-14H2,1-4H3,(H,20,21);1H. The Labute approximate surface area is 174 Å². The molecule has 3 rings (SSSR count). The highest BCUT2D eigenvalue weighted by atomic mass is 127. The minimum absolute atomic E-state index is 0. The molecule has 25 heavy (non-hydrogen) atoms. The Morgan fingerprint density at radius 1 is 1.40 bits per heavy atom. The number of hydrogen-bond acceptors (Lipinski definition) is 3. The average molecular weight is 476 g/mol. The van der Waals surface area contributed by atoms with Crippen molar-refractivity contribution in [2.45, 2.75) is 39.2 Å². The lowest BCUT2D eigenvalue weighted by Crippen LogP contribution is -2.46. The molecule has 2 unspecified atom stereocenters. The molecule has 4 nitrogen and oxygen atoms in total. The topological polar surface area (TPSA) is 30.9 Å². The molecule has 2 aliphatic rings. The van der Waals surface area contributed by atoms with Gasteiger partial charge in [-0.1, -0.05) is 19.9 Å². The van der Waals surface area contributed by atoms with Gasteiger partial charge in [0.25, 0.3) is 0 Å². The monoisotopic (exact) mass is 476 g/mol. The highest BCUT2D eigenvalue weighted by molar-refractivity contribution is 14.0. The highest BCUT2D eigenvalue weighted by Crippen LogP contribution is 2.37. The van der Waals surface area contributed by atoms with Crippen molar-refractivity contribution in [1.82, 2.24) is 15.1 Å². The van der Waals surface area contributed by atoms with Crippen molar-refractivity contribution in [3.63, 3.8) is 0 Å². The normalized spacial score (nSPS) is 27.2. The van der Waals surface area contributed by atoms with Crippen molar-refractivity contribution in [3.8, 4) is 0 Å². The van der Waals surface area contributed by atoms with Crippen LogP contribution in [0.2, 0.25) is 0 Å². The predicted molar refractivity (Wildman–Crippen MR) is 119 cm³/mol. The van der Waals surface area contributed by atoms with Gasteiger partial charge in [-0.05, 0) is 55.6 Å². The maximum atomic E-state index is 4.55. The number of hydrogen-bond donors (Lipinski definition) is 1. The Morgan fingerprint density at radius 3 is 2.80 bits per heavy atom. The lowest BCUT2D eigenvalue weighted by molar-refractivity contribution is 0.124. The highest BCUT2D eigenvalue weighted by Gasteiger charge is 2.33. The second-order valence-electron chi connectivity index (χ2n) is 8.11. The van der Waals surface area contributed by atoms with Crippen LogP contribution < -0.4 is 5.32 Å². The Kier molecular flexibility index (Phi) is 7.58. The molecule has 0 amide bonds. The van der Waals surface area contributed by atoms with E-state index in [4.69, 9.17) is 0 Å². The van der Waals surface area contributed by atoms with Gasteiger partial charge in [-0.3, -0.25) is 9.89 Å². The van der Waals surface area contributed by atoms with Gasteiger partial charge in [0.2, 0.25) is 0 Å². The summed E-state index contributed by atoms with van der Waals surface area (Å²) in [5.74, 6) is 1.73. The van der Waals surface area contributed by atoms with Crippen LogP contribution in [-0.2, 0) is 0 Å². The van der Waals surface area contributed by atoms with Crippen LogP contribution in [0.5, 0.6) is 0 Å². The summed E-state index contributed by atoms with van der Waals surface area (Å²) in [4.78, 5) is 11.0. The third-order valence-corrected chi connectivity index (χ3v) is 6.50. The summed E-state index contributed by atoms with van der Waals surface area (Å²) in [5, 5.41) is 5.89. The molecule has 0 radical (unpaired) electrons. The molecule has 0 saturated carbocycles. The van der Waals surface area contributed by atoms with Crippen LogP contribution in [0.4, 0.5) is 0 Å². The molecule has 0 spiro atoms. The van der Waals surface area contributed by atoms with Crippen LogP contribution in [0, 0.1) is 11.3 Å². The van der Waals surface area contributed by atoms with Crippen LogP contribution in [0.1, 0.15) is 44.0 Å². The zero-order valence-electron chi connectivity index (χ0n) is 16.0. The zero-order chi connectivity index (χ0) is 17.2. The van der Waals surface area contributed by atoms with Gasteiger partial charge in [0.1, 0.15) is 0 Å². The second kappa shape index (κ2) is 9.04. The second-order valence-corrected chi connectivity index (χ2v) is 9.09. The molecule has 3 heterocycles. The van der Waals surface area contributed by atoms with E-state index in [2.05, 4.69) is 58.5 Å². The fourth-order valence-corrected chi connectivity index (χ4v) is 5.21. The third kappa shape index (κ3) is 5.10. The molecule has 1 N–H and O–H groups in total. The van der Waals surface area contributed by atoms with Crippen molar-refractivity contribution in [2.75, 3.05) is 40.3 Å². The molecule has 0 aromatic carbocycles. The number of rotatable bonds is 3. The van der Waals surface area contributed by atoms with Gasteiger partial charge in [0.15, 0.2) is 5.96 Å². The number of guanidine groups is 1. The third-order valence-electron chi connectivity index (χ3n) is 5.55. The van der Waals surface area contributed by atoms with Gasteiger partial charge in [-0.15, -0.1) is 35.3 Å². The van der Waals surface area contributed by atoms with Crippen molar-refractivity contribution < 1.29 is 0 Å². The molecule has 2 aliphatic heterocycles. The molecule has 6 heteroatoms. The molecule has 2 atom stereocenters. The average Bonchev–Trinajstić information content (AvgIpc) is 3.18. The van der Waals surface area contributed by atoms with Gasteiger partial charge in [0, 0.05) is 37.6 Å². The van der Waals surface area contributed by atoms with E-state index in [0.29, 0.717) is 17.4 Å². The first-order valence-electron chi connectivity index (χ1n) is 9.19. The van der Waals surface area contributed by atoms with Crippen LogP contribution in [0.15, 0.2) is 22.5 Å². The van der Waals surface area contributed by atoms with E-state index in [-0.39, 0.29) is 24.0 Å². The molecule has 2 fully saturated rings. The van der Waals surface area contributed by atoms with E-state index in [0.717, 1.165) is 25.6 Å². The van der Waals surface area contributed by atoms with Crippen LogP contribution in [0.25, 0.3) is 0 Å². The van der Waals surface area contributed by atoms with Crippen molar-refractivity contribution in [1.29, 1.82) is 0 Å². The fraction of sp³-hybridized carbons (Fsp3) is 0.737. The van der Waals surface area contributed by atoms with Crippen LogP contribution in [0.3, 0.4) is 0 Å². The van der Waals surface area contributed by atoms with Gasteiger partial charge in [0.05, 0.1) is 0 Å². The smallest absolute Gasteiger partial charge is 0.193 e. The minimum atomic E-state index is 0. The maximum Gasteiger partial charge on any atom is 0.193 e. The fourth-order valence-electron chi connectivity index (χ4n) is 4.23. The van der Waals surface area contributed by atoms with E-state index in [1.807, 2.05) is 18.4 Å². The molecule has 0 bridgehead atoms. The number of nitrogens with zero attached hydrogens (tertiary/aromatic N) is 3. The quantitative estimate of drug-likeness (QED) is 0.406. The van der Waals surface area contributed by atoms with Crippen molar-refractivity contribution >= 4 is 41.3 Å². The molecule has 1 aromatic heterocycles. The molecule has 2 saturated heterocycles. The summed E-state index contributed by atoms with van der Waals surface area (Å²) in [6, 6.07) is 5.01. The minimum Gasteiger partial charge on any atom is -0.356 e. The zero-order valence-corrected chi connectivity index (χ0v) is 19.1. The number of likely N-dealkylation sites (tertiary alicyclic amines) is 2. The first-order valence-corrected chi connectivity index (χ1v) is 10.1. The number of piperidine rings is 1. The van der Waals surface area contributed by atoms with E-state index in [1.165, 1.54) is 30.7 Å². The maximum absolute atomic E-state index is 4.55. The van der Waals surface area contributed by atoms with Crippen molar-refractivity contribution in [3.05, 3.63) is 22.4 Å². The Bertz CT molecular complexity index is 558. The lowest BCUT2D eigenvalue weighted by Gasteiger charge is -2.39. The van der Waals surface area contributed by atoms with Gasteiger partial charge >= 0.3 is 0 Å². The summed E-state index contributed by atoms with van der Waals surface area (Å²) < 4.78 is 0. The number of halogens is 1. The van der Waals surface area contributed by atoms with Crippen LogP contribution >= 0.6 is 35.3 Å². The summed E-state index contributed by atoms with van der Waals surface area (Å²) >= 11 is 1.89.